The smallest absolute Gasteiger partial charge is 1.00 e. The predicted octanol–water partition coefficient (Wildman–Crippen LogP) is 3.72. The number of rotatable bonds is 13. The summed E-state index contributed by atoms with van der Waals surface area (Å²) >= 11 is 0. The van der Waals surface area contributed by atoms with Crippen LogP contribution in [-0.4, -0.2) is 11.1 Å². The van der Waals surface area contributed by atoms with Crippen LogP contribution in [0.4, 0.5) is 4.70 Å². The van der Waals surface area contributed by atoms with Gasteiger partial charge in [-0.2, -0.15) is 0 Å². The van der Waals surface area contributed by atoms with E-state index < -0.39 is 5.97 Å². The molecule has 0 amide bonds. The molecule has 0 radical (unpaired) electrons. The molecule has 1 N–H and O–H groups in total. The Bertz CT molecular complexity index is 342. The molecule has 0 aliphatic carbocycles. The van der Waals surface area contributed by atoms with Crippen LogP contribution < -0.4 is 29.6 Å². The van der Waals surface area contributed by atoms with E-state index >= 15 is 0 Å². The molecule has 0 bridgehead atoms. The minimum atomic E-state index is -0.822. The van der Waals surface area contributed by atoms with Crippen molar-refractivity contribution < 1.29 is 65.1 Å². The van der Waals surface area contributed by atoms with Gasteiger partial charge < -0.3 is 6.53 Å². The Morgan fingerprint density at radius 2 is 1.32 bits per heavy atom. The van der Waals surface area contributed by atoms with Gasteiger partial charge in [0.25, 0.3) is 0 Å². The fourth-order valence-electron chi connectivity index (χ4n) is 2.99. The Balaban J connectivity index is -0.000000367. The summed E-state index contributed by atoms with van der Waals surface area (Å²) < 4.78 is 0. The second kappa shape index (κ2) is 21.1. The van der Waals surface area contributed by atoms with E-state index in [2.05, 4.69) is 27.7 Å². The summed E-state index contributed by atoms with van der Waals surface area (Å²) in [5, 5.41) is 8.68. The quantitative estimate of drug-likeness (QED) is 0.365. The molecule has 0 heterocycles. The van der Waals surface area contributed by atoms with Crippen LogP contribution >= 0.6 is 0 Å². The fourth-order valence-corrected chi connectivity index (χ4v) is 2.99. The molecule has 5 heteroatoms. The molecular formula is C20H40FNaO2Zn. The average Bonchev–Trinajstić information content (AvgIpc) is 2.37. The third-order valence-electron chi connectivity index (χ3n) is 4.51. The van der Waals surface area contributed by atoms with E-state index in [-0.39, 0.29) is 55.2 Å². The molecule has 2 nitrogen and oxygen atoms in total. The number of hydrogen-bond acceptors (Lipinski definition) is 1. The first-order valence-corrected chi connectivity index (χ1v) is 9.21. The maximum absolute atomic E-state index is 10.5. The van der Waals surface area contributed by atoms with Crippen LogP contribution in [0, 0.1) is 17.8 Å². The van der Waals surface area contributed by atoms with Crippen molar-refractivity contribution in [1.82, 2.24) is 0 Å². The second-order valence-corrected chi connectivity index (χ2v) is 7.69. The van der Waals surface area contributed by atoms with Crippen LogP contribution in [0.25, 0.3) is 0 Å². The second-order valence-electron chi connectivity index (χ2n) is 7.69. The van der Waals surface area contributed by atoms with Crippen LogP contribution in [0.1, 0.15) is 93.8 Å². The Hall–Kier alpha value is 0.763. The van der Waals surface area contributed by atoms with Crippen molar-refractivity contribution in [3.63, 3.8) is 0 Å². The largest absolute Gasteiger partial charge is 1.00 e. The van der Waals surface area contributed by atoms with Crippen molar-refractivity contribution in [2.24, 2.45) is 17.8 Å². The zero-order valence-electron chi connectivity index (χ0n) is 18.6. The van der Waals surface area contributed by atoms with Crippen LogP contribution in [0.2, 0.25) is 0 Å². The Morgan fingerprint density at radius 3 is 1.72 bits per heavy atom. The molecule has 142 valence electrons. The van der Waals surface area contributed by atoms with Gasteiger partial charge in [-0.05, 0) is 37.5 Å². The first-order chi connectivity index (χ1) is 10.3. The van der Waals surface area contributed by atoms with Gasteiger partial charge in [-0.25, -0.2) is 4.79 Å². The van der Waals surface area contributed by atoms with Gasteiger partial charge in [-0.15, -0.1) is 0 Å². The van der Waals surface area contributed by atoms with Gasteiger partial charge in [-0.1, -0.05) is 78.2 Å². The molecule has 0 saturated carbocycles. The number of allylic oxidation sites excluding steroid dienone is 1. The van der Waals surface area contributed by atoms with Gasteiger partial charge in [0, 0.05) is 25.6 Å². The van der Waals surface area contributed by atoms with E-state index in [1.807, 2.05) is 6.92 Å². The van der Waals surface area contributed by atoms with E-state index in [9.17, 15) is 4.79 Å². The van der Waals surface area contributed by atoms with Crippen molar-refractivity contribution in [2.45, 2.75) is 92.4 Å². The summed E-state index contributed by atoms with van der Waals surface area (Å²) in [6.45, 7) is 11.3. The standard InChI is InChI=1S/C20H38O2.FH.Na.Zn.H/c1-16(2)9-6-10-17(3)11-7-12-18(4)13-8-14-19(5)15-20(21)22;;;;/h15-18H,6-14H2,1-5H3,(H,21,22);1H;;;/q;;+1;;-1/b19-15+;;;;/t17-,18-;;;;/m1..../s1. The van der Waals surface area contributed by atoms with E-state index in [4.69, 9.17) is 5.11 Å². The van der Waals surface area contributed by atoms with Crippen molar-refractivity contribution in [3.05, 3.63) is 11.6 Å². The minimum Gasteiger partial charge on any atom is -1.00 e. The molecule has 0 aliphatic heterocycles. The van der Waals surface area contributed by atoms with Gasteiger partial charge >= 0.3 is 35.5 Å². The minimum absolute atomic E-state index is 0. The maximum Gasteiger partial charge on any atom is 1.00 e. The van der Waals surface area contributed by atoms with Gasteiger partial charge in [0.05, 0.1) is 0 Å². The summed E-state index contributed by atoms with van der Waals surface area (Å²) in [6, 6.07) is 0. The average molecular weight is 420 g/mol. The number of carboxylic acid groups (broad SMARTS) is 1. The Morgan fingerprint density at radius 1 is 0.920 bits per heavy atom. The van der Waals surface area contributed by atoms with Crippen LogP contribution in [0.5, 0.6) is 0 Å². The number of aliphatic carboxylic acids is 1. The molecule has 0 aliphatic rings. The van der Waals surface area contributed by atoms with Crippen molar-refractivity contribution in [1.29, 1.82) is 0 Å². The summed E-state index contributed by atoms with van der Waals surface area (Å²) in [7, 11) is 0. The van der Waals surface area contributed by atoms with E-state index in [1.165, 1.54) is 51.0 Å². The molecular weight excluding hydrogens is 380 g/mol. The van der Waals surface area contributed by atoms with Crippen LogP contribution in [-0.2, 0) is 24.3 Å². The molecule has 2 atom stereocenters. The third kappa shape index (κ3) is 24.8. The van der Waals surface area contributed by atoms with Crippen molar-refractivity contribution in [2.75, 3.05) is 0 Å². The molecule has 0 rings (SSSR count). The van der Waals surface area contributed by atoms with Gasteiger partial charge in [0.2, 0.25) is 0 Å². The molecule has 25 heavy (non-hydrogen) atoms. The van der Waals surface area contributed by atoms with Gasteiger partial charge in [0.15, 0.2) is 0 Å². The first kappa shape index (κ1) is 33.4. The zero-order valence-corrected chi connectivity index (χ0v) is 22.6. The van der Waals surface area contributed by atoms with E-state index in [0.717, 1.165) is 36.2 Å². The number of hydrogen-bond donors (Lipinski definition) is 1. The van der Waals surface area contributed by atoms with Crippen LogP contribution in [0.15, 0.2) is 11.6 Å². The number of carboxylic acids is 1. The Kier molecular flexibility index (Phi) is 28.1. The summed E-state index contributed by atoms with van der Waals surface area (Å²) in [5.41, 5.74) is 0.985. The molecule has 0 aromatic heterocycles. The topological polar surface area (TPSA) is 37.3 Å². The normalized spacial score (nSPS) is 13.3. The molecule has 0 unspecified atom stereocenters. The fraction of sp³-hybridized carbons (Fsp3) is 0.850. The molecule has 0 aromatic rings. The Labute approximate surface area is 191 Å². The van der Waals surface area contributed by atoms with Crippen molar-refractivity contribution in [3.8, 4) is 0 Å². The summed E-state index contributed by atoms with van der Waals surface area (Å²) in [5.74, 6) is 1.65. The maximum atomic E-state index is 10.5. The number of carbonyl (C=O) groups is 1. The zero-order chi connectivity index (χ0) is 17.0. The van der Waals surface area contributed by atoms with Crippen molar-refractivity contribution >= 4 is 5.97 Å². The van der Waals surface area contributed by atoms with E-state index in [0.29, 0.717) is 0 Å². The third-order valence-corrected chi connectivity index (χ3v) is 4.51. The monoisotopic (exact) mass is 418 g/mol. The molecule has 0 aromatic carbocycles. The SMILES string of the molecule is C/C(=C\C(=O)O)CCC[C@H](C)CCC[C@H](C)CCCC(C)C.F.[H-].[Na+].[Zn]. The van der Waals surface area contributed by atoms with Gasteiger partial charge in [0.1, 0.15) is 0 Å². The van der Waals surface area contributed by atoms with E-state index in [1.54, 1.807) is 0 Å². The summed E-state index contributed by atoms with van der Waals surface area (Å²) in [6.07, 6.45) is 12.7. The first-order valence-electron chi connectivity index (χ1n) is 9.21. The predicted molar refractivity (Wildman–Crippen MR) is 99.7 cm³/mol. The molecule has 0 fully saturated rings. The summed E-state index contributed by atoms with van der Waals surface area (Å²) in [4.78, 5) is 10.5. The molecule has 0 saturated heterocycles. The molecule has 0 spiro atoms. The number of halogens is 1. The van der Waals surface area contributed by atoms with Crippen LogP contribution in [0.3, 0.4) is 0 Å². The van der Waals surface area contributed by atoms with Gasteiger partial charge in [-0.3, -0.25) is 4.70 Å².